The van der Waals surface area contributed by atoms with Gasteiger partial charge < -0.3 is 30.7 Å². The first-order valence-electron chi connectivity index (χ1n) is 5.34. The summed E-state index contributed by atoms with van der Waals surface area (Å²) in [6, 6.07) is 5.36. The Bertz CT molecular complexity index is 597. The summed E-state index contributed by atoms with van der Waals surface area (Å²) < 4.78 is 5.07. The second-order valence-electron chi connectivity index (χ2n) is 3.32. The van der Waals surface area contributed by atoms with E-state index in [-0.39, 0.29) is 0 Å². The van der Waals surface area contributed by atoms with Gasteiger partial charge in [0.05, 0.1) is 17.1 Å². The zero-order valence-electron chi connectivity index (χ0n) is 10.9. The minimum absolute atomic E-state index is 0.323. The lowest BCUT2D eigenvalue weighted by molar-refractivity contribution is 0.135. The minimum Gasteiger partial charge on any atom is -0.450 e. The van der Waals surface area contributed by atoms with Crippen molar-refractivity contribution in [3.63, 3.8) is 0 Å². The lowest BCUT2D eigenvalue weighted by Gasteiger charge is -1.97. The normalized spacial score (nSPS) is 8.77. The number of rotatable bonds is 2. The third kappa shape index (κ3) is 8.22. The monoisotopic (exact) mass is 333 g/mol. The molecular formula is C11H12ClN3O7. The maximum Gasteiger partial charge on any atom is 0.503 e. The van der Waals surface area contributed by atoms with Gasteiger partial charge >= 0.3 is 12.3 Å². The van der Waals surface area contributed by atoms with Crippen LogP contribution in [0, 0.1) is 0 Å². The van der Waals surface area contributed by atoms with Gasteiger partial charge in [-0.05, 0) is 12.1 Å². The molecule has 0 aliphatic rings. The number of alkyl halides is 1. The number of halogens is 1. The number of hydrogen-bond donors (Lipinski definition) is 5. The van der Waals surface area contributed by atoms with Crippen molar-refractivity contribution in [2.75, 3.05) is 5.73 Å². The van der Waals surface area contributed by atoms with E-state index in [1.165, 1.54) is 0 Å². The van der Waals surface area contributed by atoms with Gasteiger partial charge in [-0.2, -0.15) is 0 Å². The molecule has 120 valence electrons. The number of nitrogens with zero attached hydrogens (tertiary/aromatic N) is 2. The molecule has 0 saturated carbocycles. The first-order chi connectivity index (χ1) is 10.3. The molecule has 6 N–H and O–H groups in total. The predicted octanol–water partition coefficient (Wildman–Crippen LogP) is 2.50. The van der Waals surface area contributed by atoms with Crippen LogP contribution in [0.15, 0.2) is 28.9 Å². The smallest absolute Gasteiger partial charge is 0.450 e. The number of anilines is 1. The summed E-state index contributed by atoms with van der Waals surface area (Å²) in [6.07, 6.45) is -2.04. The summed E-state index contributed by atoms with van der Waals surface area (Å²) in [4.78, 5) is 21.1. The first kappa shape index (κ1) is 19.0. The Morgan fingerprint density at radius 3 is 2.18 bits per heavy atom. The molecule has 0 amide bonds. The molecule has 0 aromatic carbocycles. The van der Waals surface area contributed by atoms with Crippen LogP contribution in [0.1, 0.15) is 5.69 Å². The highest BCUT2D eigenvalue weighted by Gasteiger charge is 2.08. The highest BCUT2D eigenvalue weighted by molar-refractivity contribution is 6.16. The number of hydrogen-bond acceptors (Lipinski definition) is 6. The topological polar surface area (TPSA) is 180 Å². The van der Waals surface area contributed by atoms with E-state index >= 15 is 0 Å². The van der Waals surface area contributed by atoms with E-state index in [0.717, 1.165) is 5.56 Å². The maximum atomic E-state index is 8.56. The summed E-state index contributed by atoms with van der Waals surface area (Å²) in [5.41, 5.74) is 7.09. The van der Waals surface area contributed by atoms with Crippen LogP contribution in [-0.4, -0.2) is 42.9 Å². The maximum absolute atomic E-state index is 8.56. The van der Waals surface area contributed by atoms with Crippen molar-refractivity contribution in [1.82, 2.24) is 10.1 Å². The van der Waals surface area contributed by atoms with E-state index in [0.29, 0.717) is 23.2 Å². The SMILES string of the molecule is Nc1ncccc1-c1cc(CCl)no1.O=C(O)O.O=C(O)O. The lowest BCUT2D eigenvalue weighted by Crippen LogP contribution is -1.91. The van der Waals surface area contributed by atoms with Crippen molar-refractivity contribution in [2.24, 2.45) is 0 Å². The highest BCUT2D eigenvalue weighted by Crippen LogP contribution is 2.24. The molecule has 0 unspecified atom stereocenters. The molecule has 2 aromatic heterocycles. The van der Waals surface area contributed by atoms with Gasteiger partial charge in [0.25, 0.3) is 0 Å². The quantitative estimate of drug-likeness (QED) is 0.512. The number of nitrogen functional groups attached to an aromatic ring is 1. The molecule has 0 spiro atoms. The second kappa shape index (κ2) is 9.83. The molecular weight excluding hydrogens is 322 g/mol. The third-order valence-electron chi connectivity index (χ3n) is 1.80. The Kier molecular flexibility index (Phi) is 8.48. The fourth-order valence-corrected chi connectivity index (χ4v) is 1.25. The summed E-state index contributed by atoms with van der Waals surface area (Å²) in [7, 11) is 0. The minimum atomic E-state index is -1.83. The molecule has 0 saturated heterocycles. The van der Waals surface area contributed by atoms with Crippen molar-refractivity contribution in [3.05, 3.63) is 30.1 Å². The molecule has 0 bridgehead atoms. The van der Waals surface area contributed by atoms with Crippen LogP contribution >= 0.6 is 11.6 Å². The van der Waals surface area contributed by atoms with E-state index in [2.05, 4.69) is 10.1 Å². The van der Waals surface area contributed by atoms with Crippen molar-refractivity contribution in [1.29, 1.82) is 0 Å². The molecule has 0 radical (unpaired) electrons. The molecule has 2 rings (SSSR count). The summed E-state index contributed by atoms with van der Waals surface area (Å²) in [5, 5.41) is 31.7. The fourth-order valence-electron chi connectivity index (χ4n) is 1.13. The first-order valence-corrected chi connectivity index (χ1v) is 5.87. The molecule has 0 aliphatic heterocycles. The number of pyridine rings is 1. The van der Waals surface area contributed by atoms with Crippen LogP contribution < -0.4 is 5.73 Å². The molecule has 22 heavy (non-hydrogen) atoms. The van der Waals surface area contributed by atoms with E-state index in [1.54, 1.807) is 18.3 Å². The van der Waals surface area contributed by atoms with Gasteiger partial charge in [-0.1, -0.05) is 5.16 Å². The van der Waals surface area contributed by atoms with Crippen molar-refractivity contribution in [3.8, 4) is 11.3 Å². The van der Waals surface area contributed by atoms with Crippen LogP contribution in [-0.2, 0) is 5.88 Å². The zero-order chi connectivity index (χ0) is 17.1. The van der Waals surface area contributed by atoms with Crippen LogP contribution in [0.5, 0.6) is 0 Å². The largest absolute Gasteiger partial charge is 0.503 e. The van der Waals surface area contributed by atoms with E-state index in [1.807, 2.05) is 6.07 Å². The Balaban J connectivity index is 0.000000464. The molecule has 2 aromatic rings. The number of carbonyl (C=O) groups is 2. The van der Waals surface area contributed by atoms with Crippen molar-refractivity contribution in [2.45, 2.75) is 5.88 Å². The average Bonchev–Trinajstić information content (AvgIpc) is 2.86. The average molecular weight is 334 g/mol. The number of aromatic nitrogens is 2. The molecule has 2 heterocycles. The van der Waals surface area contributed by atoms with Crippen LogP contribution in [0.25, 0.3) is 11.3 Å². The lowest BCUT2D eigenvalue weighted by atomic mass is 10.2. The summed E-state index contributed by atoms with van der Waals surface area (Å²) in [5.74, 6) is 1.33. The zero-order valence-corrected chi connectivity index (χ0v) is 11.6. The summed E-state index contributed by atoms with van der Waals surface area (Å²) in [6.45, 7) is 0. The Hall–Kier alpha value is -3.01. The number of carboxylic acid groups (broad SMARTS) is 4. The van der Waals surface area contributed by atoms with Gasteiger partial charge in [-0.3, -0.25) is 0 Å². The van der Waals surface area contributed by atoms with E-state index in [9.17, 15) is 0 Å². The standard InChI is InChI=1S/C9H8ClN3O.2CH2O3/c10-5-6-4-8(14-13-6)7-2-1-3-12-9(7)11;2*2-1(3)4/h1-4H,5H2,(H2,11,12);2*(H2,2,3,4). The summed E-state index contributed by atoms with van der Waals surface area (Å²) >= 11 is 5.60. The predicted molar refractivity (Wildman–Crippen MR) is 75.0 cm³/mol. The Labute approximate surface area is 128 Å². The Morgan fingerprint density at radius 1 is 1.23 bits per heavy atom. The highest BCUT2D eigenvalue weighted by atomic mass is 35.5. The third-order valence-corrected chi connectivity index (χ3v) is 2.07. The fraction of sp³-hybridized carbons (Fsp3) is 0.0909. The Morgan fingerprint density at radius 2 is 1.77 bits per heavy atom. The van der Waals surface area contributed by atoms with Gasteiger partial charge in [-0.25, -0.2) is 14.6 Å². The van der Waals surface area contributed by atoms with Crippen LogP contribution in [0.3, 0.4) is 0 Å². The molecule has 10 nitrogen and oxygen atoms in total. The van der Waals surface area contributed by atoms with E-state index < -0.39 is 12.3 Å². The van der Waals surface area contributed by atoms with Crippen LogP contribution in [0.4, 0.5) is 15.4 Å². The van der Waals surface area contributed by atoms with Gasteiger partial charge in [0.15, 0.2) is 5.76 Å². The van der Waals surface area contributed by atoms with Gasteiger partial charge in [0, 0.05) is 12.3 Å². The molecule has 0 aliphatic carbocycles. The molecule has 0 fully saturated rings. The van der Waals surface area contributed by atoms with Crippen molar-refractivity contribution < 1.29 is 34.5 Å². The second-order valence-corrected chi connectivity index (χ2v) is 3.58. The van der Waals surface area contributed by atoms with E-state index in [4.69, 9.17) is 51.9 Å². The van der Waals surface area contributed by atoms with Crippen molar-refractivity contribution >= 4 is 29.7 Å². The molecule has 0 atom stereocenters. The number of nitrogens with two attached hydrogens (primary N) is 1. The molecule has 11 heteroatoms. The van der Waals surface area contributed by atoms with Crippen LogP contribution in [0.2, 0.25) is 0 Å². The van der Waals surface area contributed by atoms with Gasteiger partial charge in [0.2, 0.25) is 0 Å². The van der Waals surface area contributed by atoms with Gasteiger partial charge in [-0.15, -0.1) is 11.6 Å². The van der Waals surface area contributed by atoms with Gasteiger partial charge in [0.1, 0.15) is 5.82 Å².